The van der Waals surface area contributed by atoms with Crippen molar-refractivity contribution in [2.24, 2.45) is 0 Å². The lowest BCUT2D eigenvalue weighted by molar-refractivity contribution is -0.116. The average molecular weight is 430 g/mol. The first-order valence-electron chi connectivity index (χ1n) is 10.5. The molecule has 1 aromatic carbocycles. The van der Waals surface area contributed by atoms with E-state index in [0.29, 0.717) is 0 Å². The lowest BCUT2D eigenvalue weighted by Crippen LogP contribution is -2.20. The van der Waals surface area contributed by atoms with Gasteiger partial charge in [0.25, 0.3) is 0 Å². The fourth-order valence-electron chi connectivity index (χ4n) is 3.51. The molecule has 0 unspecified atom stereocenters. The summed E-state index contributed by atoms with van der Waals surface area (Å²) in [7, 11) is 4.08. The summed E-state index contributed by atoms with van der Waals surface area (Å²) in [5, 5.41) is 13.1. The first-order chi connectivity index (χ1) is 15.5. The van der Waals surface area contributed by atoms with Crippen molar-refractivity contribution in [2.75, 3.05) is 20.6 Å². The zero-order chi connectivity index (χ0) is 22.7. The highest BCUT2D eigenvalue weighted by Gasteiger charge is 2.19. The molecule has 0 aliphatic rings. The third kappa shape index (κ3) is 4.45. The van der Waals surface area contributed by atoms with E-state index in [1.54, 1.807) is 6.20 Å². The Morgan fingerprint density at radius 2 is 2.00 bits per heavy atom. The number of benzene rings is 1. The van der Waals surface area contributed by atoms with Crippen LogP contribution in [0.15, 0.2) is 61.6 Å². The van der Waals surface area contributed by atoms with Gasteiger partial charge in [-0.2, -0.15) is 10.2 Å². The molecule has 164 valence electrons. The number of nitrogens with zero attached hydrogens (tertiary/aromatic N) is 6. The van der Waals surface area contributed by atoms with E-state index in [0.717, 1.165) is 46.6 Å². The highest BCUT2D eigenvalue weighted by Crippen LogP contribution is 2.31. The maximum Gasteiger partial charge on any atom is 0.243 e. The van der Waals surface area contributed by atoms with Crippen molar-refractivity contribution in [2.45, 2.75) is 20.0 Å². The van der Waals surface area contributed by atoms with E-state index >= 15 is 0 Å². The smallest absolute Gasteiger partial charge is 0.243 e. The van der Waals surface area contributed by atoms with Gasteiger partial charge in [0, 0.05) is 24.5 Å². The number of amides is 1. The van der Waals surface area contributed by atoms with Gasteiger partial charge in [0.1, 0.15) is 0 Å². The Morgan fingerprint density at radius 1 is 1.22 bits per heavy atom. The molecule has 1 N–H and O–H groups in total. The molecular formula is C24H27N7O. The number of hydrogen-bond acceptors (Lipinski definition) is 5. The topological polar surface area (TPSA) is 80.9 Å². The molecule has 0 saturated heterocycles. The van der Waals surface area contributed by atoms with Gasteiger partial charge in [-0.15, -0.1) is 0 Å². The number of rotatable bonds is 8. The van der Waals surface area contributed by atoms with Crippen molar-refractivity contribution in [1.29, 1.82) is 0 Å². The summed E-state index contributed by atoms with van der Waals surface area (Å²) in [4.78, 5) is 18.6. The maximum absolute atomic E-state index is 11.8. The SMILES string of the molecule is C=CC(=O)NCc1nn(-c2ccc(C)cc2)c2nccc(-c3cnn(CCN(C)C)c3)c12. The van der Waals surface area contributed by atoms with E-state index in [-0.39, 0.29) is 12.5 Å². The summed E-state index contributed by atoms with van der Waals surface area (Å²) in [5.74, 6) is -0.245. The second kappa shape index (κ2) is 9.15. The van der Waals surface area contributed by atoms with Crippen LogP contribution in [0.1, 0.15) is 11.3 Å². The number of nitrogens with one attached hydrogen (secondary N) is 1. The lowest BCUT2D eigenvalue weighted by atomic mass is 10.1. The number of carbonyl (C=O) groups is 1. The summed E-state index contributed by atoms with van der Waals surface area (Å²) in [5.41, 5.74) is 5.51. The normalized spacial score (nSPS) is 11.2. The Bertz CT molecular complexity index is 1250. The fourth-order valence-corrected chi connectivity index (χ4v) is 3.51. The predicted octanol–water partition coefficient (Wildman–Crippen LogP) is 2.96. The molecule has 0 atom stereocenters. The molecule has 1 amide bonds. The minimum Gasteiger partial charge on any atom is -0.347 e. The highest BCUT2D eigenvalue weighted by molar-refractivity contribution is 5.95. The van der Waals surface area contributed by atoms with Gasteiger partial charge in [0.05, 0.1) is 36.1 Å². The molecule has 4 rings (SSSR count). The van der Waals surface area contributed by atoms with Gasteiger partial charge in [-0.25, -0.2) is 9.67 Å². The van der Waals surface area contributed by atoms with Crippen LogP contribution in [-0.4, -0.2) is 56.0 Å². The van der Waals surface area contributed by atoms with E-state index in [1.807, 2.05) is 73.1 Å². The summed E-state index contributed by atoms with van der Waals surface area (Å²) in [6.45, 7) is 7.55. The van der Waals surface area contributed by atoms with Crippen LogP contribution >= 0.6 is 0 Å². The molecule has 32 heavy (non-hydrogen) atoms. The number of fused-ring (bicyclic) bond motifs is 1. The van der Waals surface area contributed by atoms with Gasteiger partial charge < -0.3 is 10.2 Å². The van der Waals surface area contributed by atoms with Crippen LogP contribution in [0.5, 0.6) is 0 Å². The van der Waals surface area contributed by atoms with Crippen molar-refractivity contribution in [3.05, 3.63) is 72.8 Å². The molecule has 0 saturated carbocycles. The van der Waals surface area contributed by atoms with Gasteiger partial charge in [-0.05, 0) is 50.9 Å². The number of aryl methyl sites for hydroxylation is 1. The molecule has 0 spiro atoms. The van der Waals surface area contributed by atoms with E-state index in [2.05, 4.69) is 26.9 Å². The molecule has 4 aromatic rings. The Labute approximate surface area is 187 Å². The van der Waals surface area contributed by atoms with Crippen LogP contribution in [0.4, 0.5) is 0 Å². The molecule has 8 nitrogen and oxygen atoms in total. The lowest BCUT2D eigenvalue weighted by Gasteiger charge is -2.08. The largest absolute Gasteiger partial charge is 0.347 e. The van der Waals surface area contributed by atoms with E-state index in [1.165, 1.54) is 11.6 Å². The van der Waals surface area contributed by atoms with Gasteiger partial charge in [-0.3, -0.25) is 9.48 Å². The molecular weight excluding hydrogens is 402 g/mol. The van der Waals surface area contributed by atoms with Gasteiger partial charge in [0.15, 0.2) is 5.65 Å². The Morgan fingerprint density at radius 3 is 2.72 bits per heavy atom. The van der Waals surface area contributed by atoms with Gasteiger partial charge in [-0.1, -0.05) is 24.3 Å². The summed E-state index contributed by atoms with van der Waals surface area (Å²) < 4.78 is 3.76. The molecule has 8 heteroatoms. The molecule has 3 heterocycles. The Kier molecular flexibility index (Phi) is 6.13. The molecule has 0 aliphatic carbocycles. The van der Waals surface area contributed by atoms with Crippen LogP contribution in [0, 0.1) is 6.92 Å². The number of pyridine rings is 1. The Balaban J connectivity index is 1.82. The van der Waals surface area contributed by atoms with Crippen LogP contribution in [-0.2, 0) is 17.9 Å². The summed E-state index contributed by atoms with van der Waals surface area (Å²) >= 11 is 0. The van der Waals surface area contributed by atoms with Crippen LogP contribution < -0.4 is 5.32 Å². The Hall–Kier alpha value is -3.78. The molecule has 0 bridgehead atoms. The van der Waals surface area contributed by atoms with E-state index in [4.69, 9.17) is 5.10 Å². The number of likely N-dealkylation sites (N-methyl/N-ethyl adjacent to an activating group) is 1. The van der Waals surface area contributed by atoms with E-state index in [9.17, 15) is 4.79 Å². The third-order valence-electron chi connectivity index (χ3n) is 5.26. The molecule has 0 fully saturated rings. The third-order valence-corrected chi connectivity index (χ3v) is 5.26. The first kappa shape index (κ1) is 21.5. The van der Waals surface area contributed by atoms with Gasteiger partial charge >= 0.3 is 0 Å². The molecule has 0 radical (unpaired) electrons. The number of hydrogen-bond donors (Lipinski definition) is 1. The molecule has 0 aliphatic heterocycles. The standard InChI is InChI=1S/C24H27N7O/c1-5-22(32)26-15-21-23-20(18-14-27-30(16-18)13-12-29(3)4)10-11-25-24(23)31(28-21)19-8-6-17(2)7-9-19/h5-11,14,16H,1,12-13,15H2,2-4H3,(H,26,32). The van der Waals surface area contributed by atoms with Crippen molar-refractivity contribution >= 4 is 16.9 Å². The van der Waals surface area contributed by atoms with Crippen LogP contribution in [0.2, 0.25) is 0 Å². The quantitative estimate of drug-likeness (QED) is 0.436. The van der Waals surface area contributed by atoms with Crippen molar-refractivity contribution in [1.82, 2.24) is 34.8 Å². The van der Waals surface area contributed by atoms with Crippen LogP contribution in [0.3, 0.4) is 0 Å². The fraction of sp³-hybridized carbons (Fsp3) is 0.250. The predicted molar refractivity (Wildman–Crippen MR) is 125 cm³/mol. The number of carbonyl (C=O) groups excluding carboxylic acids is 1. The van der Waals surface area contributed by atoms with Crippen molar-refractivity contribution < 1.29 is 4.79 Å². The number of aromatic nitrogens is 5. The first-order valence-corrected chi connectivity index (χ1v) is 10.5. The molecule has 3 aromatic heterocycles. The monoisotopic (exact) mass is 429 g/mol. The maximum atomic E-state index is 11.8. The minimum atomic E-state index is -0.245. The zero-order valence-electron chi connectivity index (χ0n) is 18.6. The minimum absolute atomic E-state index is 0.245. The van der Waals surface area contributed by atoms with Crippen molar-refractivity contribution in [3.8, 4) is 16.8 Å². The van der Waals surface area contributed by atoms with E-state index < -0.39 is 0 Å². The second-order valence-corrected chi connectivity index (χ2v) is 7.97. The zero-order valence-corrected chi connectivity index (χ0v) is 18.6. The summed E-state index contributed by atoms with van der Waals surface area (Å²) in [6.07, 6.45) is 6.94. The second-order valence-electron chi connectivity index (χ2n) is 7.97. The van der Waals surface area contributed by atoms with Crippen LogP contribution in [0.25, 0.3) is 27.8 Å². The van der Waals surface area contributed by atoms with Crippen molar-refractivity contribution in [3.63, 3.8) is 0 Å². The summed E-state index contributed by atoms with van der Waals surface area (Å²) in [6, 6.07) is 10.1. The highest BCUT2D eigenvalue weighted by atomic mass is 16.1. The van der Waals surface area contributed by atoms with Gasteiger partial charge in [0.2, 0.25) is 5.91 Å². The average Bonchev–Trinajstić information content (AvgIpc) is 3.41.